The Bertz CT molecular complexity index is 362. The molecule has 1 N–H and O–H groups in total. The van der Waals surface area contributed by atoms with E-state index in [1.54, 1.807) is 0 Å². The largest absolute Gasteiger partial charge is 0.480 e. The van der Waals surface area contributed by atoms with Crippen LogP contribution in [0, 0.1) is 5.41 Å². The van der Waals surface area contributed by atoms with Crippen LogP contribution in [0.3, 0.4) is 0 Å². The van der Waals surface area contributed by atoms with Crippen LogP contribution >= 0.6 is 0 Å². The second-order valence-electron chi connectivity index (χ2n) is 5.22. The smallest absolute Gasteiger partial charge is 0.410 e. The third-order valence-corrected chi connectivity index (χ3v) is 4.14. The molecule has 1 saturated carbocycles. The van der Waals surface area contributed by atoms with Gasteiger partial charge >= 0.3 is 12.1 Å². The molecule has 1 aliphatic carbocycles. The third-order valence-electron chi connectivity index (χ3n) is 4.14. The number of carbonyl (C=O) groups excluding carboxylic acids is 1. The molecule has 0 radical (unpaired) electrons. The highest BCUT2D eigenvalue weighted by Gasteiger charge is 2.47. The van der Waals surface area contributed by atoms with Crippen molar-refractivity contribution in [2.24, 2.45) is 5.41 Å². The summed E-state index contributed by atoms with van der Waals surface area (Å²) in [4.78, 5) is 24.4. The molecule has 1 aliphatic heterocycles. The number of carboxylic acid groups (broad SMARTS) is 1. The Morgan fingerprint density at radius 1 is 1.44 bits per heavy atom. The molecule has 1 atom stereocenters. The van der Waals surface area contributed by atoms with Crippen LogP contribution in [0.15, 0.2) is 12.7 Å². The number of nitrogens with zero attached hydrogens (tertiary/aromatic N) is 1. The van der Waals surface area contributed by atoms with Crippen LogP contribution in [-0.2, 0) is 9.53 Å². The summed E-state index contributed by atoms with van der Waals surface area (Å²) in [6, 6.07) is -0.739. The first-order chi connectivity index (χ1) is 8.58. The van der Waals surface area contributed by atoms with Crippen molar-refractivity contribution in [2.75, 3.05) is 13.2 Å². The minimum Gasteiger partial charge on any atom is -0.480 e. The molecule has 1 amide bonds. The van der Waals surface area contributed by atoms with Crippen molar-refractivity contribution in [3.8, 4) is 0 Å². The van der Waals surface area contributed by atoms with Crippen molar-refractivity contribution in [3.05, 3.63) is 12.7 Å². The molecule has 2 rings (SSSR count). The van der Waals surface area contributed by atoms with E-state index in [-0.39, 0.29) is 12.0 Å². The summed E-state index contributed by atoms with van der Waals surface area (Å²) in [5.74, 6) is -0.934. The predicted octanol–water partition coefficient (Wildman–Crippen LogP) is 2.03. The fraction of sp³-hybridized carbons (Fsp3) is 0.692. The lowest BCUT2D eigenvalue weighted by molar-refractivity contribution is -0.147. The minimum absolute atomic E-state index is 0.118. The number of ether oxygens (including phenoxy) is 1. The molecule has 100 valence electrons. The zero-order valence-electron chi connectivity index (χ0n) is 10.4. The molecule has 0 bridgehead atoms. The van der Waals surface area contributed by atoms with Crippen LogP contribution in [0.5, 0.6) is 0 Å². The summed E-state index contributed by atoms with van der Waals surface area (Å²) in [7, 11) is 0. The number of hydrogen-bond donors (Lipinski definition) is 1. The molecule has 0 aromatic heterocycles. The molecular formula is C13H19NO4. The van der Waals surface area contributed by atoms with Crippen LogP contribution in [0.1, 0.15) is 32.1 Å². The maximum absolute atomic E-state index is 11.8. The number of carboxylic acids is 1. The molecule has 1 heterocycles. The third kappa shape index (κ3) is 2.35. The number of hydrogen-bond acceptors (Lipinski definition) is 3. The van der Waals surface area contributed by atoms with Crippen LogP contribution in [0.25, 0.3) is 0 Å². The lowest BCUT2D eigenvalue weighted by Gasteiger charge is -2.49. The quantitative estimate of drug-likeness (QED) is 0.781. The highest BCUT2D eigenvalue weighted by Crippen LogP contribution is 2.50. The zero-order chi connectivity index (χ0) is 13.2. The minimum atomic E-state index is -0.934. The second kappa shape index (κ2) is 5.00. The zero-order valence-corrected chi connectivity index (χ0v) is 10.4. The number of aliphatic carboxylic acids is 1. The number of piperidine rings is 1. The predicted molar refractivity (Wildman–Crippen MR) is 65.2 cm³/mol. The fourth-order valence-corrected chi connectivity index (χ4v) is 2.92. The van der Waals surface area contributed by atoms with Gasteiger partial charge in [-0.25, -0.2) is 9.59 Å². The van der Waals surface area contributed by atoms with Crippen molar-refractivity contribution in [2.45, 2.75) is 38.1 Å². The van der Waals surface area contributed by atoms with Crippen molar-refractivity contribution >= 4 is 12.1 Å². The molecule has 5 heteroatoms. The van der Waals surface area contributed by atoms with E-state index >= 15 is 0 Å². The van der Waals surface area contributed by atoms with Gasteiger partial charge in [0.05, 0.1) is 0 Å². The van der Waals surface area contributed by atoms with Gasteiger partial charge in [0, 0.05) is 6.54 Å². The summed E-state index contributed by atoms with van der Waals surface area (Å²) in [5.41, 5.74) is 0.165. The van der Waals surface area contributed by atoms with Gasteiger partial charge in [-0.05, 0) is 31.1 Å². The van der Waals surface area contributed by atoms with Crippen LogP contribution in [0.2, 0.25) is 0 Å². The summed E-state index contributed by atoms with van der Waals surface area (Å²) >= 11 is 0. The van der Waals surface area contributed by atoms with E-state index in [1.165, 1.54) is 17.4 Å². The first kappa shape index (κ1) is 12.9. The Kier molecular flexibility index (Phi) is 3.59. The SMILES string of the molecule is C=CCOC(=O)N1CCC2(CCC2)CC1C(=O)O. The Morgan fingerprint density at radius 3 is 2.67 bits per heavy atom. The van der Waals surface area contributed by atoms with Gasteiger partial charge in [-0.1, -0.05) is 19.1 Å². The normalized spacial score (nSPS) is 25.3. The Hall–Kier alpha value is -1.52. The molecule has 1 saturated heterocycles. The molecule has 0 aromatic carbocycles. The summed E-state index contributed by atoms with van der Waals surface area (Å²) in [6.07, 6.45) is 5.74. The highest BCUT2D eigenvalue weighted by molar-refractivity contribution is 5.80. The molecule has 2 aliphatic rings. The van der Waals surface area contributed by atoms with Gasteiger partial charge < -0.3 is 9.84 Å². The lowest BCUT2D eigenvalue weighted by atomic mass is 9.61. The number of amides is 1. The molecule has 2 fully saturated rings. The van der Waals surface area contributed by atoms with Gasteiger partial charge in [0.15, 0.2) is 0 Å². The van der Waals surface area contributed by atoms with Gasteiger partial charge in [0.1, 0.15) is 12.6 Å². The highest BCUT2D eigenvalue weighted by atomic mass is 16.6. The van der Waals surface area contributed by atoms with Crippen LogP contribution in [-0.4, -0.2) is 41.3 Å². The number of likely N-dealkylation sites (tertiary alicyclic amines) is 1. The van der Waals surface area contributed by atoms with Gasteiger partial charge in [0.2, 0.25) is 0 Å². The number of carbonyl (C=O) groups is 2. The second-order valence-corrected chi connectivity index (χ2v) is 5.22. The summed E-state index contributed by atoms with van der Waals surface area (Å²) in [5, 5.41) is 9.27. The molecular weight excluding hydrogens is 234 g/mol. The van der Waals surface area contributed by atoms with Crippen molar-refractivity contribution < 1.29 is 19.4 Å². The van der Waals surface area contributed by atoms with E-state index in [0.29, 0.717) is 13.0 Å². The van der Waals surface area contributed by atoms with Crippen LogP contribution in [0.4, 0.5) is 4.79 Å². The standard InChI is InChI=1S/C13H19NO4/c1-2-8-18-12(17)14-7-6-13(4-3-5-13)9-10(14)11(15)16/h2,10H,1,3-9H2,(H,15,16). The maximum Gasteiger partial charge on any atom is 0.410 e. The number of rotatable bonds is 3. The Labute approximate surface area is 106 Å². The average molecular weight is 253 g/mol. The molecule has 5 nitrogen and oxygen atoms in total. The van der Waals surface area contributed by atoms with E-state index in [2.05, 4.69) is 6.58 Å². The van der Waals surface area contributed by atoms with Crippen LogP contribution < -0.4 is 0 Å². The van der Waals surface area contributed by atoms with Gasteiger partial charge in [-0.15, -0.1) is 0 Å². The lowest BCUT2D eigenvalue weighted by Crippen LogP contribution is -2.55. The van der Waals surface area contributed by atoms with E-state index in [4.69, 9.17) is 4.74 Å². The molecule has 1 unspecified atom stereocenters. The van der Waals surface area contributed by atoms with Crippen molar-refractivity contribution in [1.82, 2.24) is 4.90 Å². The fourth-order valence-electron chi connectivity index (χ4n) is 2.92. The van der Waals surface area contributed by atoms with Gasteiger partial charge in [-0.3, -0.25) is 4.90 Å². The first-order valence-electron chi connectivity index (χ1n) is 6.35. The summed E-state index contributed by atoms with van der Waals surface area (Å²) in [6.45, 7) is 4.06. The molecule has 1 spiro atoms. The Balaban J connectivity index is 2.03. The topological polar surface area (TPSA) is 66.8 Å². The average Bonchev–Trinajstić information content (AvgIpc) is 2.33. The monoisotopic (exact) mass is 253 g/mol. The van der Waals surface area contributed by atoms with Gasteiger partial charge in [0.25, 0.3) is 0 Å². The van der Waals surface area contributed by atoms with E-state index in [9.17, 15) is 14.7 Å². The molecule has 0 aromatic rings. The maximum atomic E-state index is 11.8. The first-order valence-corrected chi connectivity index (χ1v) is 6.35. The van der Waals surface area contributed by atoms with Gasteiger partial charge in [-0.2, -0.15) is 0 Å². The van der Waals surface area contributed by atoms with Crippen molar-refractivity contribution in [3.63, 3.8) is 0 Å². The van der Waals surface area contributed by atoms with E-state index < -0.39 is 18.1 Å². The van der Waals surface area contributed by atoms with Crippen molar-refractivity contribution in [1.29, 1.82) is 0 Å². The van der Waals surface area contributed by atoms with E-state index in [1.807, 2.05) is 0 Å². The molecule has 18 heavy (non-hydrogen) atoms. The summed E-state index contributed by atoms with van der Waals surface area (Å²) < 4.78 is 4.94. The van der Waals surface area contributed by atoms with E-state index in [0.717, 1.165) is 19.3 Å². The Morgan fingerprint density at radius 2 is 2.17 bits per heavy atom.